The SMILES string of the molecule is [CH]1CCC2NC=NC=C12. The average Bonchev–Trinajstić information content (AvgIpc) is 2.33. The van der Waals surface area contributed by atoms with E-state index in [2.05, 4.69) is 16.7 Å². The second kappa shape index (κ2) is 1.87. The molecule has 1 atom stereocenters. The Hall–Kier alpha value is -0.790. The minimum Gasteiger partial charge on any atom is -0.370 e. The van der Waals surface area contributed by atoms with Crippen molar-refractivity contribution in [3.63, 3.8) is 0 Å². The fraction of sp³-hybridized carbons (Fsp3) is 0.429. The van der Waals surface area contributed by atoms with E-state index in [-0.39, 0.29) is 0 Å². The second-order valence-electron chi connectivity index (χ2n) is 2.41. The van der Waals surface area contributed by atoms with Crippen LogP contribution in [0.25, 0.3) is 0 Å². The third-order valence-corrected chi connectivity index (χ3v) is 1.81. The summed E-state index contributed by atoms with van der Waals surface area (Å²) in [5.41, 5.74) is 1.36. The van der Waals surface area contributed by atoms with Crippen molar-refractivity contribution >= 4 is 6.34 Å². The maximum atomic E-state index is 3.99. The van der Waals surface area contributed by atoms with E-state index in [1.54, 1.807) is 6.34 Å². The third-order valence-electron chi connectivity index (χ3n) is 1.81. The molecule has 0 bridgehead atoms. The first kappa shape index (κ1) is 5.03. The van der Waals surface area contributed by atoms with Crippen LogP contribution >= 0.6 is 0 Å². The quantitative estimate of drug-likeness (QED) is 0.505. The first-order valence-corrected chi connectivity index (χ1v) is 3.28. The summed E-state index contributed by atoms with van der Waals surface area (Å²) in [5.74, 6) is 0. The van der Waals surface area contributed by atoms with Crippen molar-refractivity contribution in [2.45, 2.75) is 18.9 Å². The zero-order chi connectivity index (χ0) is 6.10. The van der Waals surface area contributed by atoms with E-state index < -0.39 is 0 Å². The van der Waals surface area contributed by atoms with Crippen molar-refractivity contribution in [3.05, 3.63) is 18.2 Å². The number of fused-ring (bicyclic) bond motifs is 1. The van der Waals surface area contributed by atoms with Crippen LogP contribution in [0.4, 0.5) is 0 Å². The molecule has 1 saturated carbocycles. The minimum atomic E-state index is 0.572. The van der Waals surface area contributed by atoms with Crippen LogP contribution < -0.4 is 5.32 Å². The van der Waals surface area contributed by atoms with Gasteiger partial charge in [0.1, 0.15) is 0 Å². The van der Waals surface area contributed by atoms with Crippen LogP contribution in [-0.4, -0.2) is 12.4 Å². The van der Waals surface area contributed by atoms with E-state index >= 15 is 0 Å². The molecular weight excluding hydrogens is 112 g/mol. The number of rotatable bonds is 0. The number of hydrogen-bond donors (Lipinski definition) is 1. The van der Waals surface area contributed by atoms with E-state index in [0.717, 1.165) is 0 Å². The molecule has 1 aliphatic heterocycles. The number of nitrogens with zero attached hydrogens (tertiary/aromatic N) is 1. The van der Waals surface area contributed by atoms with E-state index in [1.165, 1.54) is 18.4 Å². The van der Waals surface area contributed by atoms with Gasteiger partial charge in [0.15, 0.2) is 0 Å². The first-order valence-electron chi connectivity index (χ1n) is 3.28. The fourth-order valence-electron chi connectivity index (χ4n) is 1.30. The summed E-state index contributed by atoms with van der Waals surface area (Å²) in [5, 5.41) is 3.19. The van der Waals surface area contributed by atoms with Crippen molar-refractivity contribution in [1.29, 1.82) is 0 Å². The van der Waals surface area contributed by atoms with Gasteiger partial charge in [0.25, 0.3) is 0 Å². The lowest BCUT2D eigenvalue weighted by Gasteiger charge is -2.13. The third kappa shape index (κ3) is 0.745. The molecule has 1 heterocycles. The maximum Gasteiger partial charge on any atom is 0.0883 e. The van der Waals surface area contributed by atoms with Crippen LogP contribution in [0.2, 0.25) is 0 Å². The maximum absolute atomic E-state index is 3.99. The van der Waals surface area contributed by atoms with E-state index in [4.69, 9.17) is 0 Å². The molecule has 1 radical (unpaired) electrons. The second-order valence-corrected chi connectivity index (χ2v) is 2.41. The summed E-state index contributed by atoms with van der Waals surface area (Å²) in [6.45, 7) is 0. The Labute approximate surface area is 54.7 Å². The van der Waals surface area contributed by atoms with Gasteiger partial charge in [-0.05, 0) is 24.8 Å². The standard InChI is InChI=1S/C7H9N2/c1-2-6-4-8-5-9-7(6)3-1/h2,4-5,7H,1,3H2,(H,8,9). The summed E-state index contributed by atoms with van der Waals surface area (Å²) < 4.78 is 0. The molecule has 1 aliphatic carbocycles. The summed E-state index contributed by atoms with van der Waals surface area (Å²) >= 11 is 0. The highest BCUT2D eigenvalue weighted by atomic mass is 15.0. The van der Waals surface area contributed by atoms with E-state index in [1.807, 2.05) is 6.20 Å². The predicted octanol–water partition coefficient (Wildman–Crippen LogP) is 0.868. The Morgan fingerprint density at radius 3 is 3.56 bits per heavy atom. The molecule has 1 fully saturated rings. The molecule has 2 aliphatic rings. The van der Waals surface area contributed by atoms with Gasteiger partial charge in [-0.1, -0.05) is 0 Å². The molecule has 1 N–H and O–H groups in total. The van der Waals surface area contributed by atoms with E-state index in [9.17, 15) is 0 Å². The molecule has 0 spiro atoms. The van der Waals surface area contributed by atoms with E-state index in [0.29, 0.717) is 6.04 Å². The Balaban J connectivity index is 2.23. The van der Waals surface area contributed by atoms with Gasteiger partial charge >= 0.3 is 0 Å². The molecule has 2 rings (SSSR count). The van der Waals surface area contributed by atoms with Gasteiger partial charge in [-0.25, -0.2) is 4.99 Å². The van der Waals surface area contributed by atoms with Gasteiger partial charge in [0.2, 0.25) is 0 Å². The van der Waals surface area contributed by atoms with Gasteiger partial charge < -0.3 is 5.32 Å². The molecule has 0 amide bonds. The van der Waals surface area contributed by atoms with Crippen molar-refractivity contribution < 1.29 is 0 Å². The Bertz CT molecular complexity index is 170. The lowest BCUT2D eigenvalue weighted by atomic mass is 10.1. The lowest BCUT2D eigenvalue weighted by Crippen LogP contribution is -2.28. The van der Waals surface area contributed by atoms with Crippen LogP contribution in [0.15, 0.2) is 16.8 Å². The molecule has 2 heteroatoms. The molecule has 47 valence electrons. The zero-order valence-electron chi connectivity index (χ0n) is 5.17. The highest BCUT2D eigenvalue weighted by Gasteiger charge is 2.20. The minimum absolute atomic E-state index is 0.572. The smallest absolute Gasteiger partial charge is 0.0883 e. The van der Waals surface area contributed by atoms with Gasteiger partial charge in [-0.15, -0.1) is 0 Å². The van der Waals surface area contributed by atoms with Crippen LogP contribution in [0.1, 0.15) is 12.8 Å². The van der Waals surface area contributed by atoms with Gasteiger partial charge in [-0.2, -0.15) is 0 Å². The zero-order valence-corrected chi connectivity index (χ0v) is 5.17. The number of nitrogens with one attached hydrogen (secondary N) is 1. The highest BCUT2D eigenvalue weighted by Crippen LogP contribution is 2.24. The normalized spacial score (nSPS) is 31.1. The molecule has 0 aromatic heterocycles. The molecule has 0 aromatic carbocycles. The summed E-state index contributed by atoms with van der Waals surface area (Å²) in [6.07, 6.45) is 8.39. The molecular formula is C7H9N2. The van der Waals surface area contributed by atoms with Gasteiger partial charge in [0, 0.05) is 6.20 Å². The Kier molecular flexibility index (Phi) is 1.04. The van der Waals surface area contributed by atoms with Crippen molar-refractivity contribution in [1.82, 2.24) is 5.32 Å². The first-order chi connectivity index (χ1) is 4.47. The van der Waals surface area contributed by atoms with Crippen molar-refractivity contribution in [3.8, 4) is 0 Å². The molecule has 0 aromatic rings. The topological polar surface area (TPSA) is 24.4 Å². The summed E-state index contributed by atoms with van der Waals surface area (Å²) in [7, 11) is 0. The lowest BCUT2D eigenvalue weighted by molar-refractivity contribution is 0.701. The Morgan fingerprint density at radius 2 is 2.67 bits per heavy atom. The van der Waals surface area contributed by atoms with Crippen LogP contribution in [0.3, 0.4) is 0 Å². The summed E-state index contributed by atoms with van der Waals surface area (Å²) in [6, 6.07) is 0.572. The Morgan fingerprint density at radius 1 is 1.67 bits per heavy atom. The van der Waals surface area contributed by atoms with Crippen molar-refractivity contribution in [2.24, 2.45) is 4.99 Å². The molecule has 2 nitrogen and oxygen atoms in total. The molecule has 0 saturated heterocycles. The van der Waals surface area contributed by atoms with Crippen LogP contribution in [0, 0.1) is 6.42 Å². The number of hydrogen-bond acceptors (Lipinski definition) is 2. The predicted molar refractivity (Wildman–Crippen MR) is 37.0 cm³/mol. The van der Waals surface area contributed by atoms with Crippen molar-refractivity contribution in [2.75, 3.05) is 0 Å². The molecule has 1 unspecified atom stereocenters. The highest BCUT2D eigenvalue weighted by molar-refractivity contribution is 5.60. The molecule has 9 heavy (non-hydrogen) atoms. The number of aliphatic imine (C=N–C) groups is 1. The average molecular weight is 121 g/mol. The van der Waals surface area contributed by atoms with Crippen LogP contribution in [-0.2, 0) is 0 Å². The monoisotopic (exact) mass is 121 g/mol. The largest absolute Gasteiger partial charge is 0.370 e. The van der Waals surface area contributed by atoms with Gasteiger partial charge in [0.05, 0.1) is 12.4 Å². The van der Waals surface area contributed by atoms with Gasteiger partial charge in [-0.3, -0.25) is 0 Å². The van der Waals surface area contributed by atoms with Crippen LogP contribution in [0.5, 0.6) is 0 Å². The fourth-order valence-corrected chi connectivity index (χ4v) is 1.30. The summed E-state index contributed by atoms with van der Waals surface area (Å²) in [4.78, 5) is 3.99.